The Hall–Kier alpha value is -1.38. The van der Waals surface area contributed by atoms with Crippen molar-refractivity contribution < 1.29 is 8.42 Å². The number of nitrogens with zero attached hydrogens (tertiary/aromatic N) is 2. The smallest absolute Gasteiger partial charge is 0.263 e. The number of sulfonamides is 1. The second-order valence-electron chi connectivity index (χ2n) is 4.36. The lowest BCUT2D eigenvalue weighted by Crippen LogP contribution is -2.16. The number of anilines is 1. The van der Waals surface area contributed by atoms with E-state index >= 15 is 0 Å². The first-order valence-corrected chi connectivity index (χ1v) is 8.60. The SMILES string of the molecule is CCc1nn(C)cc1NS(=O)(=O)c1ccsc1CNC. The molecule has 6 nitrogen and oxygen atoms in total. The quantitative estimate of drug-likeness (QED) is 0.848. The molecule has 0 aliphatic carbocycles. The van der Waals surface area contributed by atoms with E-state index in [2.05, 4.69) is 15.1 Å². The monoisotopic (exact) mass is 314 g/mol. The van der Waals surface area contributed by atoms with Gasteiger partial charge in [-0.2, -0.15) is 5.10 Å². The maximum absolute atomic E-state index is 12.5. The van der Waals surface area contributed by atoms with Gasteiger partial charge in [-0.05, 0) is 24.9 Å². The normalized spacial score (nSPS) is 11.8. The molecule has 0 unspecified atom stereocenters. The first-order valence-electron chi connectivity index (χ1n) is 6.24. The molecule has 2 rings (SSSR count). The number of hydrogen-bond donors (Lipinski definition) is 2. The standard InChI is InChI=1S/C12H18N4O2S2/c1-4-9-10(8-16(3)14-9)15-20(17,18)12-5-6-19-11(12)7-13-2/h5-6,8,13,15H,4,7H2,1-3H3. The Kier molecular flexibility index (Phi) is 4.46. The molecule has 0 radical (unpaired) electrons. The molecule has 2 aromatic heterocycles. The second-order valence-corrected chi connectivity index (χ2v) is 7.01. The number of rotatable bonds is 6. The van der Waals surface area contributed by atoms with E-state index in [1.165, 1.54) is 11.3 Å². The number of nitrogens with one attached hydrogen (secondary N) is 2. The molecule has 0 aliphatic heterocycles. The molecule has 2 aromatic rings. The van der Waals surface area contributed by atoms with Crippen molar-refractivity contribution in [3.63, 3.8) is 0 Å². The average molecular weight is 314 g/mol. The fraction of sp³-hybridized carbons (Fsp3) is 0.417. The van der Waals surface area contributed by atoms with E-state index < -0.39 is 10.0 Å². The second kappa shape index (κ2) is 5.94. The summed E-state index contributed by atoms with van der Waals surface area (Å²) in [6, 6.07) is 1.63. The van der Waals surface area contributed by atoms with Crippen molar-refractivity contribution >= 4 is 27.0 Å². The Balaban J connectivity index is 2.33. The lowest BCUT2D eigenvalue weighted by molar-refractivity contribution is 0.600. The minimum absolute atomic E-state index is 0.322. The molecule has 0 amide bonds. The third kappa shape index (κ3) is 3.02. The highest BCUT2D eigenvalue weighted by atomic mass is 32.2. The number of aryl methyl sites for hydroxylation is 2. The van der Waals surface area contributed by atoms with Crippen LogP contribution in [0.2, 0.25) is 0 Å². The molecular weight excluding hydrogens is 296 g/mol. The van der Waals surface area contributed by atoms with Crippen molar-refractivity contribution in [3.05, 3.63) is 28.2 Å². The molecular formula is C12H18N4O2S2. The van der Waals surface area contributed by atoms with Gasteiger partial charge in [-0.15, -0.1) is 11.3 Å². The first kappa shape index (κ1) is 15.0. The van der Waals surface area contributed by atoms with E-state index in [1.807, 2.05) is 6.92 Å². The zero-order valence-electron chi connectivity index (χ0n) is 11.7. The Bertz CT molecular complexity index is 688. The lowest BCUT2D eigenvalue weighted by Gasteiger charge is -2.08. The highest BCUT2D eigenvalue weighted by Crippen LogP contribution is 2.25. The molecule has 2 heterocycles. The van der Waals surface area contributed by atoms with Crippen molar-refractivity contribution in [1.29, 1.82) is 0 Å². The van der Waals surface area contributed by atoms with Crippen LogP contribution in [-0.2, 0) is 30.0 Å². The van der Waals surface area contributed by atoms with Gasteiger partial charge >= 0.3 is 0 Å². The van der Waals surface area contributed by atoms with Crippen LogP contribution in [0.1, 0.15) is 17.5 Å². The van der Waals surface area contributed by atoms with Gasteiger partial charge in [-0.3, -0.25) is 9.40 Å². The van der Waals surface area contributed by atoms with Crippen molar-refractivity contribution in [1.82, 2.24) is 15.1 Å². The highest BCUT2D eigenvalue weighted by molar-refractivity contribution is 7.93. The van der Waals surface area contributed by atoms with Crippen LogP contribution in [0.5, 0.6) is 0 Å². The number of thiophene rings is 1. The molecule has 2 N–H and O–H groups in total. The molecule has 0 bridgehead atoms. The molecule has 8 heteroatoms. The van der Waals surface area contributed by atoms with Gasteiger partial charge in [0.25, 0.3) is 10.0 Å². The van der Waals surface area contributed by atoms with Gasteiger partial charge in [0.15, 0.2) is 0 Å². The summed E-state index contributed by atoms with van der Waals surface area (Å²) >= 11 is 1.42. The lowest BCUT2D eigenvalue weighted by atomic mass is 10.3. The van der Waals surface area contributed by atoms with E-state index in [1.54, 1.807) is 36.4 Å². The fourth-order valence-electron chi connectivity index (χ4n) is 1.94. The van der Waals surface area contributed by atoms with Gasteiger partial charge in [-0.25, -0.2) is 8.42 Å². The Morgan fingerprint density at radius 2 is 2.20 bits per heavy atom. The summed E-state index contributed by atoms with van der Waals surface area (Å²) in [5.74, 6) is 0. The summed E-state index contributed by atoms with van der Waals surface area (Å²) in [6.07, 6.45) is 2.35. The maximum atomic E-state index is 12.5. The first-order chi connectivity index (χ1) is 9.47. The Morgan fingerprint density at radius 1 is 1.45 bits per heavy atom. The van der Waals surface area contributed by atoms with Crippen molar-refractivity contribution in [2.24, 2.45) is 7.05 Å². The van der Waals surface area contributed by atoms with Crippen LogP contribution in [0, 0.1) is 0 Å². The molecule has 0 saturated heterocycles. The van der Waals surface area contributed by atoms with E-state index in [9.17, 15) is 8.42 Å². The summed E-state index contributed by atoms with van der Waals surface area (Å²) in [6.45, 7) is 2.47. The topological polar surface area (TPSA) is 76.0 Å². The molecule has 20 heavy (non-hydrogen) atoms. The van der Waals surface area contributed by atoms with Gasteiger partial charge in [0.05, 0.1) is 11.4 Å². The van der Waals surface area contributed by atoms with Crippen LogP contribution in [0.3, 0.4) is 0 Å². The molecule has 110 valence electrons. The van der Waals surface area contributed by atoms with E-state index in [4.69, 9.17) is 0 Å². The van der Waals surface area contributed by atoms with Gasteiger partial charge < -0.3 is 5.32 Å². The summed E-state index contributed by atoms with van der Waals surface area (Å²) in [5, 5.41) is 8.99. The van der Waals surface area contributed by atoms with Gasteiger partial charge in [0.2, 0.25) is 0 Å². The predicted molar refractivity (Wildman–Crippen MR) is 80.5 cm³/mol. The number of aromatic nitrogens is 2. The van der Waals surface area contributed by atoms with Crippen LogP contribution in [-0.4, -0.2) is 25.2 Å². The minimum Gasteiger partial charge on any atom is -0.315 e. The molecule has 0 atom stereocenters. The third-order valence-corrected chi connectivity index (χ3v) is 5.32. The van der Waals surface area contributed by atoms with Gasteiger partial charge in [-0.1, -0.05) is 6.92 Å². The summed E-state index contributed by atoms with van der Waals surface area (Å²) in [7, 11) is -0.0117. The maximum Gasteiger partial charge on any atom is 0.263 e. The molecule has 0 aromatic carbocycles. The van der Waals surface area contributed by atoms with E-state index in [0.717, 1.165) is 10.6 Å². The Morgan fingerprint density at radius 3 is 2.85 bits per heavy atom. The fourth-order valence-corrected chi connectivity index (χ4v) is 4.47. The van der Waals surface area contributed by atoms with E-state index in [-0.39, 0.29) is 0 Å². The average Bonchev–Trinajstić information content (AvgIpc) is 2.96. The zero-order chi connectivity index (χ0) is 14.8. The predicted octanol–water partition coefficient (Wildman–Crippen LogP) is 1.56. The minimum atomic E-state index is -3.58. The molecule has 0 aliphatic rings. The largest absolute Gasteiger partial charge is 0.315 e. The van der Waals surface area contributed by atoms with Crippen LogP contribution >= 0.6 is 11.3 Å². The molecule has 0 saturated carbocycles. The van der Waals surface area contributed by atoms with Crippen LogP contribution in [0.4, 0.5) is 5.69 Å². The van der Waals surface area contributed by atoms with Crippen LogP contribution in [0.25, 0.3) is 0 Å². The van der Waals surface area contributed by atoms with Gasteiger partial charge in [0, 0.05) is 24.7 Å². The number of hydrogen-bond acceptors (Lipinski definition) is 5. The van der Waals surface area contributed by atoms with Crippen LogP contribution in [0.15, 0.2) is 22.5 Å². The van der Waals surface area contributed by atoms with Crippen molar-refractivity contribution in [3.8, 4) is 0 Å². The third-order valence-electron chi connectivity index (χ3n) is 2.82. The van der Waals surface area contributed by atoms with Crippen molar-refractivity contribution in [2.45, 2.75) is 24.8 Å². The summed E-state index contributed by atoms with van der Waals surface area (Å²) in [4.78, 5) is 1.12. The summed E-state index contributed by atoms with van der Waals surface area (Å²) < 4.78 is 29.2. The van der Waals surface area contributed by atoms with Crippen LogP contribution < -0.4 is 10.0 Å². The van der Waals surface area contributed by atoms with Crippen molar-refractivity contribution in [2.75, 3.05) is 11.8 Å². The highest BCUT2D eigenvalue weighted by Gasteiger charge is 2.21. The molecule has 0 spiro atoms. The van der Waals surface area contributed by atoms with Gasteiger partial charge in [0.1, 0.15) is 4.90 Å². The van der Waals surface area contributed by atoms with E-state index in [0.29, 0.717) is 23.5 Å². The zero-order valence-corrected chi connectivity index (χ0v) is 13.3. The summed E-state index contributed by atoms with van der Waals surface area (Å²) in [5.41, 5.74) is 1.28. The Labute approximate surface area is 122 Å². The molecule has 0 fully saturated rings.